The maximum Gasteiger partial charge on any atom is 0.273 e. The van der Waals surface area contributed by atoms with Gasteiger partial charge in [-0.05, 0) is 36.4 Å². The molecule has 2 aromatic carbocycles. The number of fused-ring (bicyclic) bond motifs is 1. The van der Waals surface area contributed by atoms with Crippen LogP contribution in [0.15, 0.2) is 63.5 Å². The van der Waals surface area contributed by atoms with Gasteiger partial charge in [0.1, 0.15) is 12.4 Å². The number of aromatic amines is 1. The molecule has 7 nitrogen and oxygen atoms in total. The van der Waals surface area contributed by atoms with Gasteiger partial charge in [0.15, 0.2) is 5.13 Å². The second-order valence-corrected chi connectivity index (χ2v) is 6.83. The zero-order valence-electron chi connectivity index (χ0n) is 14.3. The van der Waals surface area contributed by atoms with Crippen molar-refractivity contribution in [2.24, 2.45) is 0 Å². The van der Waals surface area contributed by atoms with Crippen LogP contribution in [0.2, 0.25) is 0 Å². The summed E-state index contributed by atoms with van der Waals surface area (Å²) in [5.74, 6) is -0.852. The fraction of sp³-hybridized carbons (Fsp3) is 0.0526. The van der Waals surface area contributed by atoms with Gasteiger partial charge in [-0.15, -0.1) is 11.3 Å². The number of carbonyl (C=O) groups excluding carboxylic acids is 1. The molecule has 0 aliphatic carbocycles. The van der Waals surface area contributed by atoms with E-state index in [0.717, 1.165) is 4.68 Å². The Hall–Kier alpha value is -3.59. The average Bonchev–Trinajstić information content (AvgIpc) is 3.15. The SMILES string of the molecule is O=C(Cn1[nH]c(=O)c2ccccc2c1=O)Nc1nc(-c2ccc(F)cc2)cs1. The van der Waals surface area contributed by atoms with E-state index in [-0.39, 0.29) is 23.1 Å². The second-order valence-electron chi connectivity index (χ2n) is 5.97. The Labute approximate surface area is 161 Å². The largest absolute Gasteiger partial charge is 0.300 e. The molecule has 9 heteroatoms. The highest BCUT2D eigenvalue weighted by Crippen LogP contribution is 2.24. The lowest BCUT2D eigenvalue weighted by atomic mass is 10.2. The first kappa shape index (κ1) is 17.8. The van der Waals surface area contributed by atoms with Crippen LogP contribution >= 0.6 is 11.3 Å². The molecule has 0 spiro atoms. The van der Waals surface area contributed by atoms with Crippen molar-refractivity contribution < 1.29 is 9.18 Å². The number of halogens is 1. The summed E-state index contributed by atoms with van der Waals surface area (Å²) in [5, 5.41) is 7.58. The third-order valence-electron chi connectivity index (χ3n) is 4.08. The smallest absolute Gasteiger partial charge is 0.273 e. The number of aromatic nitrogens is 3. The molecule has 0 saturated heterocycles. The first-order valence-corrected chi connectivity index (χ1v) is 9.12. The van der Waals surface area contributed by atoms with Gasteiger partial charge < -0.3 is 5.32 Å². The molecule has 1 amide bonds. The molecule has 0 aliphatic rings. The quantitative estimate of drug-likeness (QED) is 0.554. The highest BCUT2D eigenvalue weighted by atomic mass is 32.1. The van der Waals surface area contributed by atoms with Gasteiger partial charge in [0, 0.05) is 10.9 Å². The maximum atomic E-state index is 13.0. The van der Waals surface area contributed by atoms with Gasteiger partial charge in [0.2, 0.25) is 5.91 Å². The maximum absolute atomic E-state index is 13.0. The molecule has 0 fully saturated rings. The van der Waals surface area contributed by atoms with E-state index in [1.807, 2.05) is 0 Å². The van der Waals surface area contributed by atoms with Crippen molar-refractivity contribution in [2.45, 2.75) is 6.54 Å². The van der Waals surface area contributed by atoms with Crippen molar-refractivity contribution in [3.8, 4) is 11.3 Å². The van der Waals surface area contributed by atoms with Crippen molar-refractivity contribution in [3.63, 3.8) is 0 Å². The van der Waals surface area contributed by atoms with Gasteiger partial charge in [-0.3, -0.25) is 19.5 Å². The van der Waals surface area contributed by atoms with Crippen LogP contribution < -0.4 is 16.4 Å². The molecule has 0 unspecified atom stereocenters. The number of amides is 1. The Morgan fingerprint density at radius 2 is 1.82 bits per heavy atom. The van der Waals surface area contributed by atoms with Crippen molar-refractivity contribution in [2.75, 3.05) is 5.32 Å². The Morgan fingerprint density at radius 1 is 1.11 bits per heavy atom. The van der Waals surface area contributed by atoms with Gasteiger partial charge in [-0.1, -0.05) is 12.1 Å². The van der Waals surface area contributed by atoms with Gasteiger partial charge in [0.05, 0.1) is 16.5 Å². The predicted octanol–water partition coefficient (Wildman–Crippen LogP) is 2.59. The van der Waals surface area contributed by atoms with E-state index in [2.05, 4.69) is 15.4 Å². The average molecular weight is 396 g/mol. The van der Waals surface area contributed by atoms with Crippen LogP contribution in [0, 0.1) is 5.82 Å². The fourth-order valence-corrected chi connectivity index (χ4v) is 3.48. The summed E-state index contributed by atoms with van der Waals surface area (Å²) < 4.78 is 14.0. The lowest BCUT2D eigenvalue weighted by Gasteiger charge is -2.06. The summed E-state index contributed by atoms with van der Waals surface area (Å²) in [7, 11) is 0. The third-order valence-corrected chi connectivity index (χ3v) is 4.83. The molecule has 2 N–H and O–H groups in total. The number of benzene rings is 2. The minimum Gasteiger partial charge on any atom is -0.300 e. The van der Waals surface area contributed by atoms with E-state index in [1.54, 1.807) is 35.7 Å². The van der Waals surface area contributed by atoms with Crippen molar-refractivity contribution in [1.82, 2.24) is 14.8 Å². The molecule has 0 saturated carbocycles. The molecule has 0 aliphatic heterocycles. The van der Waals surface area contributed by atoms with E-state index in [0.29, 0.717) is 16.4 Å². The zero-order chi connectivity index (χ0) is 19.7. The van der Waals surface area contributed by atoms with E-state index >= 15 is 0 Å². The molecule has 0 atom stereocenters. The minimum absolute atomic E-state index is 0.242. The number of carbonyl (C=O) groups is 1. The number of hydrogen-bond donors (Lipinski definition) is 2. The zero-order valence-corrected chi connectivity index (χ0v) is 15.1. The number of anilines is 1. The lowest BCUT2D eigenvalue weighted by molar-refractivity contribution is -0.117. The monoisotopic (exact) mass is 396 g/mol. The molecule has 2 aromatic heterocycles. The van der Waals surface area contributed by atoms with Gasteiger partial charge in [-0.2, -0.15) is 0 Å². The number of hydrogen-bond acceptors (Lipinski definition) is 5. The number of H-pyrrole nitrogens is 1. The fourth-order valence-electron chi connectivity index (χ4n) is 2.74. The van der Waals surface area contributed by atoms with Crippen LogP contribution in [0.25, 0.3) is 22.0 Å². The highest BCUT2D eigenvalue weighted by molar-refractivity contribution is 7.14. The molecule has 28 heavy (non-hydrogen) atoms. The van der Waals surface area contributed by atoms with Crippen LogP contribution in [-0.4, -0.2) is 20.7 Å². The van der Waals surface area contributed by atoms with E-state index in [1.165, 1.54) is 29.5 Å². The first-order chi connectivity index (χ1) is 13.5. The summed E-state index contributed by atoms with van der Waals surface area (Å²) in [6.07, 6.45) is 0. The third kappa shape index (κ3) is 3.47. The minimum atomic E-state index is -0.506. The first-order valence-electron chi connectivity index (χ1n) is 8.24. The van der Waals surface area contributed by atoms with Crippen LogP contribution in [0.4, 0.5) is 9.52 Å². The number of nitrogens with zero attached hydrogens (tertiary/aromatic N) is 2. The van der Waals surface area contributed by atoms with Crippen molar-refractivity contribution >= 4 is 33.1 Å². The Bertz CT molecular complexity index is 1290. The summed E-state index contributed by atoms with van der Waals surface area (Å²) in [4.78, 5) is 41.1. The number of rotatable bonds is 4. The van der Waals surface area contributed by atoms with Crippen molar-refractivity contribution in [3.05, 3.63) is 80.4 Å². The van der Waals surface area contributed by atoms with Crippen LogP contribution in [-0.2, 0) is 11.3 Å². The summed E-state index contributed by atoms with van der Waals surface area (Å²) >= 11 is 1.20. The molecule has 4 rings (SSSR count). The Morgan fingerprint density at radius 3 is 2.57 bits per heavy atom. The predicted molar refractivity (Wildman–Crippen MR) is 105 cm³/mol. The van der Waals surface area contributed by atoms with Crippen molar-refractivity contribution in [1.29, 1.82) is 0 Å². The van der Waals surface area contributed by atoms with Crippen LogP contribution in [0.5, 0.6) is 0 Å². The molecule has 0 radical (unpaired) electrons. The standard InChI is InChI=1S/C19H13FN4O3S/c20-12-7-5-11(6-8-12)15-10-28-19(21-15)22-16(25)9-24-18(27)14-4-2-1-3-13(14)17(26)23-24/h1-8,10H,9H2,(H,23,26)(H,21,22,25). The van der Waals surface area contributed by atoms with E-state index < -0.39 is 17.0 Å². The molecular weight excluding hydrogens is 383 g/mol. The van der Waals surface area contributed by atoms with E-state index in [9.17, 15) is 18.8 Å². The van der Waals surface area contributed by atoms with E-state index in [4.69, 9.17) is 0 Å². The normalized spacial score (nSPS) is 10.9. The summed E-state index contributed by atoms with van der Waals surface area (Å²) in [6, 6.07) is 12.2. The topological polar surface area (TPSA) is 96.9 Å². The number of nitrogens with one attached hydrogen (secondary N) is 2. The van der Waals surface area contributed by atoms with Gasteiger partial charge in [-0.25, -0.2) is 14.1 Å². The lowest BCUT2D eigenvalue weighted by Crippen LogP contribution is -2.34. The summed E-state index contributed by atoms with van der Waals surface area (Å²) in [5.41, 5.74) is 0.400. The molecule has 4 aromatic rings. The number of thiazole rings is 1. The Kier molecular flexibility index (Phi) is 4.58. The van der Waals surface area contributed by atoms with Gasteiger partial charge >= 0.3 is 0 Å². The van der Waals surface area contributed by atoms with Crippen LogP contribution in [0.1, 0.15) is 0 Å². The highest BCUT2D eigenvalue weighted by Gasteiger charge is 2.12. The molecular formula is C19H13FN4O3S. The second kappa shape index (κ2) is 7.20. The Balaban J connectivity index is 1.53. The molecule has 2 heterocycles. The van der Waals surface area contributed by atoms with Crippen LogP contribution in [0.3, 0.4) is 0 Å². The molecule has 140 valence electrons. The summed E-state index contributed by atoms with van der Waals surface area (Å²) in [6.45, 7) is -0.357. The molecule has 0 bridgehead atoms. The van der Waals surface area contributed by atoms with Gasteiger partial charge in [0.25, 0.3) is 11.1 Å².